The van der Waals surface area contributed by atoms with Crippen molar-refractivity contribution in [2.75, 3.05) is 20.2 Å². The lowest BCUT2D eigenvalue weighted by Crippen LogP contribution is -2.35. The molecule has 0 saturated carbocycles. The number of benzene rings is 1. The number of rotatable bonds is 3. The van der Waals surface area contributed by atoms with Crippen molar-refractivity contribution >= 4 is 40.9 Å². The summed E-state index contributed by atoms with van der Waals surface area (Å²) in [4.78, 5) is 4.32. The molecule has 1 unspecified atom stereocenters. The molecule has 1 aromatic heterocycles. The van der Waals surface area contributed by atoms with Crippen molar-refractivity contribution in [2.45, 2.75) is 13.0 Å². The Hall–Kier alpha value is -1.44. The molecule has 0 aliphatic carbocycles. The van der Waals surface area contributed by atoms with Gasteiger partial charge in [-0.3, -0.25) is 4.99 Å². The first-order valence-corrected chi connectivity index (χ1v) is 6.39. The summed E-state index contributed by atoms with van der Waals surface area (Å²) in [5.41, 5.74) is 0.787. The molecular weight excluding hydrogens is 369 g/mol. The lowest BCUT2D eigenvalue weighted by Gasteiger charge is -2.12. The molecule has 0 saturated heterocycles. The second-order valence-electron chi connectivity index (χ2n) is 4.55. The molecule has 2 aromatic rings. The van der Waals surface area contributed by atoms with E-state index in [1.165, 1.54) is 0 Å². The molecule has 0 fully saturated rings. The maximum atomic E-state index is 5.89. The van der Waals surface area contributed by atoms with Gasteiger partial charge in [-0.1, -0.05) is 12.1 Å². The van der Waals surface area contributed by atoms with E-state index in [1.807, 2.05) is 31.2 Å². The molecule has 20 heavy (non-hydrogen) atoms. The minimum atomic E-state index is 0. The Morgan fingerprint density at radius 2 is 2.30 bits per heavy atom. The van der Waals surface area contributed by atoms with Crippen molar-refractivity contribution in [3.8, 4) is 5.75 Å². The van der Waals surface area contributed by atoms with Gasteiger partial charge < -0.3 is 19.8 Å². The third-order valence-corrected chi connectivity index (χ3v) is 3.20. The number of furan rings is 1. The van der Waals surface area contributed by atoms with Crippen LogP contribution in [0, 0.1) is 0 Å². The molecule has 1 aliphatic heterocycles. The van der Waals surface area contributed by atoms with Crippen molar-refractivity contribution in [2.24, 2.45) is 4.99 Å². The van der Waals surface area contributed by atoms with Gasteiger partial charge in [-0.2, -0.15) is 0 Å². The van der Waals surface area contributed by atoms with Crippen LogP contribution in [0.4, 0.5) is 0 Å². The van der Waals surface area contributed by atoms with Crippen LogP contribution in [-0.4, -0.2) is 26.2 Å². The summed E-state index contributed by atoms with van der Waals surface area (Å²) in [5.74, 6) is 2.46. The Kier molecular flexibility index (Phi) is 4.74. The smallest absolute Gasteiger partial charge is 0.191 e. The predicted octanol–water partition coefficient (Wildman–Crippen LogP) is 2.67. The van der Waals surface area contributed by atoms with E-state index in [-0.39, 0.29) is 30.0 Å². The third kappa shape index (κ3) is 2.84. The average molecular weight is 387 g/mol. The molecule has 0 bridgehead atoms. The van der Waals surface area contributed by atoms with Gasteiger partial charge in [-0.05, 0) is 19.1 Å². The Morgan fingerprint density at radius 3 is 3.00 bits per heavy atom. The first-order valence-electron chi connectivity index (χ1n) is 6.39. The summed E-state index contributed by atoms with van der Waals surface area (Å²) in [6.07, 6.45) is 0. The highest BCUT2D eigenvalue weighted by Gasteiger charge is 2.16. The minimum absolute atomic E-state index is 0. The largest absolute Gasteiger partial charge is 0.493 e. The molecule has 0 amide bonds. The summed E-state index contributed by atoms with van der Waals surface area (Å²) in [6.45, 7) is 3.76. The van der Waals surface area contributed by atoms with Gasteiger partial charge in [0.25, 0.3) is 0 Å². The first-order chi connectivity index (χ1) is 9.28. The Morgan fingerprint density at radius 1 is 1.45 bits per heavy atom. The second kappa shape index (κ2) is 6.34. The Bertz CT molecular complexity index is 624. The van der Waals surface area contributed by atoms with Crippen molar-refractivity contribution in [3.05, 3.63) is 30.0 Å². The highest BCUT2D eigenvalue weighted by molar-refractivity contribution is 14.0. The number of nitrogens with zero attached hydrogens (tertiary/aromatic N) is 1. The number of hydrogen-bond acceptors (Lipinski definition) is 5. The molecule has 0 radical (unpaired) electrons. The number of para-hydroxylation sites is 1. The molecule has 3 rings (SSSR count). The quantitative estimate of drug-likeness (QED) is 0.796. The molecule has 0 spiro atoms. The number of aliphatic imine (C=N–C) groups is 1. The Labute approximate surface area is 134 Å². The number of nitrogens with one attached hydrogen (secondary N) is 2. The fourth-order valence-corrected chi connectivity index (χ4v) is 2.20. The summed E-state index contributed by atoms with van der Waals surface area (Å²) in [6, 6.07) is 7.97. The van der Waals surface area contributed by atoms with Gasteiger partial charge in [-0.25, -0.2) is 0 Å². The number of methoxy groups -OCH3 is 1. The summed E-state index contributed by atoms with van der Waals surface area (Å²) >= 11 is 0. The van der Waals surface area contributed by atoms with Crippen LogP contribution in [0.3, 0.4) is 0 Å². The molecule has 6 heteroatoms. The number of halogens is 1. The van der Waals surface area contributed by atoms with E-state index < -0.39 is 0 Å². The van der Waals surface area contributed by atoms with Gasteiger partial charge in [0.1, 0.15) is 5.76 Å². The number of ether oxygens (including phenoxy) is 1. The molecule has 2 heterocycles. The zero-order valence-corrected chi connectivity index (χ0v) is 13.8. The van der Waals surface area contributed by atoms with Gasteiger partial charge in [0, 0.05) is 11.9 Å². The number of guanidine groups is 1. The second-order valence-corrected chi connectivity index (χ2v) is 4.55. The van der Waals surface area contributed by atoms with Crippen LogP contribution in [0.2, 0.25) is 0 Å². The van der Waals surface area contributed by atoms with E-state index in [2.05, 4.69) is 15.6 Å². The average Bonchev–Trinajstić information content (AvgIpc) is 3.06. The molecule has 1 aliphatic rings. The van der Waals surface area contributed by atoms with E-state index >= 15 is 0 Å². The van der Waals surface area contributed by atoms with Gasteiger partial charge in [-0.15, -0.1) is 24.0 Å². The van der Waals surface area contributed by atoms with Crippen molar-refractivity contribution in [1.29, 1.82) is 0 Å². The van der Waals surface area contributed by atoms with Crippen LogP contribution in [-0.2, 0) is 0 Å². The van der Waals surface area contributed by atoms with Crippen LogP contribution < -0.4 is 15.4 Å². The SMILES string of the molecule is COc1cccc2cc(C(C)NC3=NCCN3)oc12.I. The summed E-state index contributed by atoms with van der Waals surface area (Å²) in [5, 5.41) is 7.53. The predicted molar refractivity (Wildman–Crippen MR) is 90.0 cm³/mol. The zero-order chi connectivity index (χ0) is 13.2. The summed E-state index contributed by atoms with van der Waals surface area (Å²) in [7, 11) is 1.65. The fourth-order valence-electron chi connectivity index (χ4n) is 2.20. The standard InChI is InChI=1S/C14H17N3O2.HI/c1-9(17-14-15-6-7-16-14)12-8-10-4-3-5-11(18-2)13(10)19-12;/h3-5,8-9H,6-7H2,1-2H3,(H2,15,16,17);1H. The van der Waals surface area contributed by atoms with Gasteiger partial charge in [0.15, 0.2) is 17.3 Å². The van der Waals surface area contributed by atoms with Crippen LogP contribution in [0.5, 0.6) is 5.75 Å². The van der Waals surface area contributed by atoms with E-state index in [9.17, 15) is 0 Å². The van der Waals surface area contributed by atoms with Gasteiger partial charge in [0.05, 0.1) is 19.7 Å². The third-order valence-electron chi connectivity index (χ3n) is 3.20. The monoisotopic (exact) mass is 387 g/mol. The molecule has 5 nitrogen and oxygen atoms in total. The number of hydrogen-bond donors (Lipinski definition) is 2. The maximum absolute atomic E-state index is 5.89. The van der Waals surface area contributed by atoms with Crippen molar-refractivity contribution in [3.63, 3.8) is 0 Å². The first kappa shape index (κ1) is 15.0. The molecule has 1 atom stereocenters. The van der Waals surface area contributed by atoms with Crippen LogP contribution in [0.25, 0.3) is 11.0 Å². The van der Waals surface area contributed by atoms with Crippen LogP contribution in [0.15, 0.2) is 33.7 Å². The van der Waals surface area contributed by atoms with Gasteiger partial charge >= 0.3 is 0 Å². The lowest BCUT2D eigenvalue weighted by molar-refractivity contribution is 0.404. The normalized spacial score (nSPS) is 15.2. The molecular formula is C14H18IN3O2. The van der Waals surface area contributed by atoms with Gasteiger partial charge in [0.2, 0.25) is 0 Å². The maximum Gasteiger partial charge on any atom is 0.191 e. The topological polar surface area (TPSA) is 58.8 Å². The van der Waals surface area contributed by atoms with Crippen LogP contribution in [0.1, 0.15) is 18.7 Å². The van der Waals surface area contributed by atoms with E-state index in [0.29, 0.717) is 0 Å². The number of fused-ring (bicyclic) bond motifs is 1. The van der Waals surface area contributed by atoms with Crippen molar-refractivity contribution in [1.82, 2.24) is 10.6 Å². The van der Waals surface area contributed by atoms with E-state index in [4.69, 9.17) is 9.15 Å². The lowest BCUT2D eigenvalue weighted by atomic mass is 10.2. The highest BCUT2D eigenvalue weighted by Crippen LogP contribution is 2.30. The highest BCUT2D eigenvalue weighted by atomic mass is 127. The molecule has 1 aromatic carbocycles. The van der Waals surface area contributed by atoms with E-state index in [0.717, 1.165) is 41.5 Å². The molecule has 2 N–H and O–H groups in total. The molecule has 108 valence electrons. The minimum Gasteiger partial charge on any atom is -0.493 e. The summed E-state index contributed by atoms with van der Waals surface area (Å²) < 4.78 is 11.2. The van der Waals surface area contributed by atoms with Crippen molar-refractivity contribution < 1.29 is 9.15 Å². The fraction of sp³-hybridized carbons (Fsp3) is 0.357. The zero-order valence-electron chi connectivity index (χ0n) is 11.5. The van der Waals surface area contributed by atoms with Crippen LogP contribution >= 0.6 is 24.0 Å². The van der Waals surface area contributed by atoms with E-state index in [1.54, 1.807) is 7.11 Å². The Balaban J connectivity index is 0.00000147.